The lowest BCUT2D eigenvalue weighted by Crippen LogP contribution is -2.45. The maximum Gasteiger partial charge on any atom is 0.307 e. The van der Waals surface area contributed by atoms with E-state index in [2.05, 4.69) is 10.3 Å². The minimum absolute atomic E-state index is 0.176. The molecule has 2 rings (SSSR count). The number of hydrogen-bond acceptors (Lipinski definition) is 4. The summed E-state index contributed by atoms with van der Waals surface area (Å²) in [4.78, 5) is 27.6. The number of thiazole rings is 1. The van der Waals surface area contributed by atoms with E-state index in [9.17, 15) is 9.59 Å². The summed E-state index contributed by atoms with van der Waals surface area (Å²) >= 11 is 1.48. The number of rotatable bonds is 4. The molecule has 104 valence electrons. The van der Waals surface area contributed by atoms with E-state index >= 15 is 0 Å². The second kappa shape index (κ2) is 5.28. The predicted octanol–water partition coefficient (Wildman–Crippen LogP) is 2.00. The van der Waals surface area contributed by atoms with Crippen LogP contribution in [0.3, 0.4) is 0 Å². The van der Waals surface area contributed by atoms with E-state index in [-0.39, 0.29) is 5.91 Å². The van der Waals surface area contributed by atoms with Crippen LogP contribution in [0.15, 0.2) is 11.6 Å². The maximum absolute atomic E-state index is 12.3. The first-order valence-corrected chi connectivity index (χ1v) is 7.24. The highest BCUT2D eigenvalue weighted by molar-refractivity contribution is 7.09. The average molecular weight is 282 g/mol. The number of carboxylic acid groups (broad SMARTS) is 1. The van der Waals surface area contributed by atoms with Crippen molar-refractivity contribution in [3.05, 3.63) is 16.6 Å². The van der Waals surface area contributed by atoms with Gasteiger partial charge in [0.05, 0.1) is 17.4 Å². The molecule has 0 aromatic carbocycles. The number of carbonyl (C=O) groups excluding carboxylic acids is 1. The van der Waals surface area contributed by atoms with Gasteiger partial charge in [-0.25, -0.2) is 4.98 Å². The normalized spacial score (nSPS) is 23.3. The van der Waals surface area contributed by atoms with Gasteiger partial charge < -0.3 is 10.4 Å². The van der Waals surface area contributed by atoms with E-state index in [1.807, 2.05) is 19.2 Å². The van der Waals surface area contributed by atoms with Gasteiger partial charge in [-0.2, -0.15) is 0 Å². The van der Waals surface area contributed by atoms with Crippen LogP contribution in [0.2, 0.25) is 0 Å². The largest absolute Gasteiger partial charge is 0.481 e. The molecule has 0 saturated heterocycles. The van der Waals surface area contributed by atoms with Gasteiger partial charge in [-0.15, -0.1) is 11.3 Å². The van der Waals surface area contributed by atoms with Crippen molar-refractivity contribution in [2.75, 3.05) is 0 Å². The zero-order valence-electron chi connectivity index (χ0n) is 11.0. The molecule has 2 N–H and O–H groups in total. The standard InChI is InChI=1S/C13H18N2O3S/c1-13(2,12-14-6-7-19-12)15-10(16)8-4-3-5-9(8)11(17)18/h6-9H,3-5H2,1-2H3,(H,15,16)(H,17,18). The Balaban J connectivity index is 2.07. The van der Waals surface area contributed by atoms with Crippen LogP contribution in [-0.2, 0) is 15.1 Å². The van der Waals surface area contributed by atoms with Gasteiger partial charge >= 0.3 is 5.97 Å². The molecule has 0 bridgehead atoms. The summed E-state index contributed by atoms with van der Waals surface area (Å²) in [5.74, 6) is -2.02. The molecule has 0 radical (unpaired) electrons. The summed E-state index contributed by atoms with van der Waals surface area (Å²) in [5.41, 5.74) is -0.559. The Morgan fingerprint density at radius 3 is 2.68 bits per heavy atom. The molecule has 1 heterocycles. The molecule has 2 unspecified atom stereocenters. The minimum atomic E-state index is -0.871. The van der Waals surface area contributed by atoms with Crippen LogP contribution in [0.4, 0.5) is 0 Å². The fraction of sp³-hybridized carbons (Fsp3) is 0.615. The first-order chi connectivity index (χ1) is 8.92. The quantitative estimate of drug-likeness (QED) is 0.885. The monoisotopic (exact) mass is 282 g/mol. The van der Waals surface area contributed by atoms with E-state index in [1.165, 1.54) is 11.3 Å². The number of carbonyl (C=O) groups is 2. The molecule has 1 aliphatic carbocycles. The summed E-state index contributed by atoms with van der Waals surface area (Å²) in [5, 5.41) is 14.7. The molecule has 6 heteroatoms. The predicted molar refractivity (Wildman–Crippen MR) is 71.7 cm³/mol. The molecular formula is C13H18N2O3S. The molecule has 0 spiro atoms. The summed E-state index contributed by atoms with van der Waals surface area (Å²) in [6.45, 7) is 3.77. The molecule has 1 saturated carbocycles. The fourth-order valence-corrected chi connectivity index (χ4v) is 3.27. The smallest absolute Gasteiger partial charge is 0.307 e. The van der Waals surface area contributed by atoms with Crippen LogP contribution in [0.5, 0.6) is 0 Å². The summed E-state index contributed by atoms with van der Waals surface area (Å²) in [6, 6.07) is 0. The SMILES string of the molecule is CC(C)(NC(=O)C1CCCC1C(=O)O)c1nccs1. The van der Waals surface area contributed by atoms with Gasteiger partial charge in [0, 0.05) is 11.6 Å². The molecule has 2 atom stereocenters. The van der Waals surface area contributed by atoms with Gasteiger partial charge in [0.25, 0.3) is 0 Å². The zero-order chi connectivity index (χ0) is 14.0. The molecule has 19 heavy (non-hydrogen) atoms. The second-order valence-electron chi connectivity index (χ2n) is 5.43. The molecule has 0 aliphatic heterocycles. The Hall–Kier alpha value is -1.43. The van der Waals surface area contributed by atoms with Crippen molar-refractivity contribution in [1.82, 2.24) is 10.3 Å². The van der Waals surface area contributed by atoms with Crippen LogP contribution >= 0.6 is 11.3 Å². The van der Waals surface area contributed by atoms with Crippen molar-refractivity contribution in [2.24, 2.45) is 11.8 Å². The molecule has 5 nitrogen and oxygen atoms in total. The molecule has 1 aliphatic rings. The number of aliphatic carboxylic acids is 1. The Bertz CT molecular complexity index is 470. The third-order valence-corrected chi connectivity index (χ3v) is 4.67. The van der Waals surface area contributed by atoms with Crippen molar-refractivity contribution in [2.45, 2.75) is 38.6 Å². The van der Waals surface area contributed by atoms with Gasteiger partial charge in [-0.3, -0.25) is 9.59 Å². The highest BCUT2D eigenvalue weighted by Gasteiger charge is 2.39. The molecule has 1 aromatic heterocycles. The summed E-state index contributed by atoms with van der Waals surface area (Å²) < 4.78 is 0. The Kier molecular flexibility index (Phi) is 3.89. The lowest BCUT2D eigenvalue weighted by atomic mass is 9.94. The molecule has 1 fully saturated rings. The topological polar surface area (TPSA) is 79.3 Å². The number of carboxylic acids is 1. The minimum Gasteiger partial charge on any atom is -0.481 e. The molecule has 1 aromatic rings. The summed E-state index contributed by atoms with van der Waals surface area (Å²) in [6.07, 6.45) is 3.73. The third kappa shape index (κ3) is 2.94. The van der Waals surface area contributed by atoms with E-state index < -0.39 is 23.3 Å². The highest BCUT2D eigenvalue weighted by Crippen LogP contribution is 2.33. The Morgan fingerprint density at radius 2 is 2.11 bits per heavy atom. The van der Waals surface area contributed by atoms with Crippen LogP contribution in [0.25, 0.3) is 0 Å². The van der Waals surface area contributed by atoms with Gasteiger partial charge in [0.2, 0.25) is 5.91 Å². The number of amides is 1. The number of nitrogens with one attached hydrogen (secondary N) is 1. The maximum atomic E-state index is 12.3. The average Bonchev–Trinajstić information content (AvgIpc) is 3.00. The molecule has 1 amide bonds. The third-order valence-electron chi connectivity index (χ3n) is 3.57. The van der Waals surface area contributed by atoms with Crippen molar-refractivity contribution in [3.8, 4) is 0 Å². The van der Waals surface area contributed by atoms with Crippen molar-refractivity contribution < 1.29 is 14.7 Å². The van der Waals surface area contributed by atoms with Crippen LogP contribution < -0.4 is 5.32 Å². The molecular weight excluding hydrogens is 264 g/mol. The number of aromatic nitrogens is 1. The highest BCUT2D eigenvalue weighted by atomic mass is 32.1. The number of hydrogen-bond donors (Lipinski definition) is 2. The van der Waals surface area contributed by atoms with E-state index in [4.69, 9.17) is 5.11 Å². The Morgan fingerprint density at radius 1 is 1.42 bits per heavy atom. The van der Waals surface area contributed by atoms with Crippen LogP contribution in [0, 0.1) is 11.8 Å². The first-order valence-electron chi connectivity index (χ1n) is 6.36. The Labute approximate surface area is 116 Å². The van der Waals surface area contributed by atoms with Gasteiger partial charge in [-0.05, 0) is 26.7 Å². The second-order valence-corrected chi connectivity index (χ2v) is 6.33. The fourth-order valence-electron chi connectivity index (χ4n) is 2.56. The van der Waals surface area contributed by atoms with E-state index in [1.54, 1.807) is 6.20 Å². The van der Waals surface area contributed by atoms with E-state index in [0.717, 1.165) is 11.4 Å². The lowest BCUT2D eigenvalue weighted by Gasteiger charge is -2.26. The van der Waals surface area contributed by atoms with Crippen molar-refractivity contribution in [1.29, 1.82) is 0 Å². The first kappa shape index (κ1) is 14.0. The number of nitrogens with zero attached hydrogens (tertiary/aromatic N) is 1. The van der Waals surface area contributed by atoms with Crippen molar-refractivity contribution >= 4 is 23.2 Å². The summed E-state index contributed by atoms with van der Waals surface area (Å²) in [7, 11) is 0. The lowest BCUT2D eigenvalue weighted by molar-refractivity contribution is -0.146. The van der Waals surface area contributed by atoms with Gasteiger partial charge in [-0.1, -0.05) is 6.42 Å². The van der Waals surface area contributed by atoms with E-state index in [0.29, 0.717) is 12.8 Å². The van der Waals surface area contributed by atoms with Crippen molar-refractivity contribution in [3.63, 3.8) is 0 Å². The van der Waals surface area contributed by atoms with Gasteiger partial charge in [0.15, 0.2) is 0 Å². The zero-order valence-corrected chi connectivity index (χ0v) is 11.9. The van der Waals surface area contributed by atoms with Gasteiger partial charge in [0.1, 0.15) is 5.01 Å². The van der Waals surface area contributed by atoms with Crippen LogP contribution in [0.1, 0.15) is 38.1 Å². The van der Waals surface area contributed by atoms with Crippen LogP contribution in [-0.4, -0.2) is 22.0 Å².